The van der Waals surface area contributed by atoms with Gasteiger partial charge in [-0.05, 0) is 26.0 Å². The standard InChI is InChI=1S/C15H16N3O5P/c1-3-18-17-16-14(24(18,21)22-4-2)13(19)11-9-10-7-5-6-8-12(10)23-15(11)20/h5-9,14H,3-4H2,1-2H3. The molecular weight excluding hydrogens is 333 g/mol. The van der Waals surface area contributed by atoms with Gasteiger partial charge in [-0.1, -0.05) is 23.4 Å². The molecule has 1 aliphatic heterocycles. The van der Waals surface area contributed by atoms with Crippen molar-refractivity contribution in [3.8, 4) is 0 Å². The summed E-state index contributed by atoms with van der Waals surface area (Å²) >= 11 is 0. The average Bonchev–Trinajstić information content (AvgIpc) is 2.90. The van der Waals surface area contributed by atoms with E-state index in [1.807, 2.05) is 0 Å². The largest absolute Gasteiger partial charge is 0.422 e. The molecule has 8 nitrogen and oxygen atoms in total. The number of hydrogen-bond donors (Lipinski definition) is 0. The number of fused-ring (bicyclic) bond motifs is 1. The lowest BCUT2D eigenvalue weighted by atomic mass is 10.1. The van der Waals surface area contributed by atoms with E-state index in [-0.39, 0.29) is 18.7 Å². The Balaban J connectivity index is 2.06. The molecule has 0 amide bonds. The normalized spacial score (nSPS) is 23.1. The molecule has 2 heterocycles. The Bertz CT molecular complexity index is 923. The topological polar surface area (TPSA) is 102 Å². The molecule has 0 fully saturated rings. The summed E-state index contributed by atoms with van der Waals surface area (Å²) in [7, 11) is -3.62. The Morgan fingerprint density at radius 1 is 1.38 bits per heavy atom. The first-order valence-corrected chi connectivity index (χ1v) is 9.16. The molecule has 0 bridgehead atoms. The summed E-state index contributed by atoms with van der Waals surface area (Å²) in [4.78, 5) is 24.9. The van der Waals surface area contributed by atoms with Gasteiger partial charge in [-0.15, -0.1) is 5.11 Å². The predicted octanol–water partition coefficient (Wildman–Crippen LogP) is 3.23. The summed E-state index contributed by atoms with van der Waals surface area (Å²) in [5, 5.41) is 8.14. The van der Waals surface area contributed by atoms with Crippen LogP contribution in [-0.2, 0) is 9.09 Å². The van der Waals surface area contributed by atoms with E-state index in [9.17, 15) is 14.2 Å². The molecule has 1 aromatic heterocycles. The molecule has 1 aliphatic rings. The van der Waals surface area contributed by atoms with E-state index in [0.29, 0.717) is 11.0 Å². The van der Waals surface area contributed by atoms with Crippen LogP contribution in [0.25, 0.3) is 11.0 Å². The Morgan fingerprint density at radius 3 is 2.83 bits per heavy atom. The van der Waals surface area contributed by atoms with Gasteiger partial charge in [-0.2, -0.15) is 0 Å². The van der Waals surface area contributed by atoms with Crippen LogP contribution in [0.5, 0.6) is 0 Å². The summed E-state index contributed by atoms with van der Waals surface area (Å²) < 4.78 is 24.7. The number of benzene rings is 1. The lowest BCUT2D eigenvalue weighted by Gasteiger charge is -2.23. The van der Waals surface area contributed by atoms with Gasteiger partial charge in [0.15, 0.2) is 0 Å². The van der Waals surface area contributed by atoms with Gasteiger partial charge in [-0.3, -0.25) is 9.36 Å². The van der Waals surface area contributed by atoms with E-state index in [1.54, 1.807) is 38.1 Å². The van der Waals surface area contributed by atoms with E-state index >= 15 is 0 Å². The second-order valence-electron chi connectivity index (χ2n) is 5.10. The smallest absolute Gasteiger partial charge is 0.347 e. The summed E-state index contributed by atoms with van der Waals surface area (Å²) in [5.41, 5.74) is -0.641. The number of ketones is 1. The number of carbonyl (C=O) groups is 1. The molecule has 0 radical (unpaired) electrons. The first-order valence-electron chi connectivity index (χ1n) is 7.51. The van der Waals surface area contributed by atoms with Crippen LogP contribution >= 0.6 is 7.52 Å². The van der Waals surface area contributed by atoms with Crippen molar-refractivity contribution in [2.24, 2.45) is 10.3 Å². The molecule has 3 rings (SSSR count). The molecule has 0 aliphatic carbocycles. The molecule has 0 saturated carbocycles. The van der Waals surface area contributed by atoms with Gasteiger partial charge in [0.25, 0.3) is 0 Å². The first kappa shape index (κ1) is 16.5. The van der Waals surface area contributed by atoms with E-state index in [1.165, 1.54) is 10.8 Å². The summed E-state index contributed by atoms with van der Waals surface area (Å²) in [6, 6.07) is 8.25. The van der Waals surface area contributed by atoms with Gasteiger partial charge in [0, 0.05) is 11.9 Å². The van der Waals surface area contributed by atoms with Gasteiger partial charge in [0.1, 0.15) is 11.1 Å². The first-order chi connectivity index (χ1) is 11.5. The van der Waals surface area contributed by atoms with Crippen molar-refractivity contribution < 1.29 is 18.3 Å². The quantitative estimate of drug-likeness (QED) is 0.466. The number of rotatable bonds is 5. The maximum Gasteiger partial charge on any atom is 0.347 e. The zero-order chi connectivity index (χ0) is 17.3. The van der Waals surface area contributed by atoms with Crippen LogP contribution in [0.1, 0.15) is 24.2 Å². The van der Waals surface area contributed by atoms with Crippen molar-refractivity contribution in [1.29, 1.82) is 0 Å². The third-order valence-electron chi connectivity index (χ3n) is 3.63. The van der Waals surface area contributed by atoms with Gasteiger partial charge in [0.05, 0.1) is 6.61 Å². The number of Topliss-reactive ketones (excluding diaryl/α,β-unsaturated/α-hetero) is 1. The fourth-order valence-electron chi connectivity index (χ4n) is 2.51. The fourth-order valence-corrected chi connectivity index (χ4v) is 4.57. The summed E-state index contributed by atoms with van der Waals surface area (Å²) in [6.07, 6.45) is 0. The molecule has 2 unspecified atom stereocenters. The lowest BCUT2D eigenvalue weighted by Crippen LogP contribution is -2.27. The van der Waals surface area contributed by atoms with Crippen LogP contribution in [0.15, 0.2) is 49.9 Å². The van der Waals surface area contributed by atoms with Crippen molar-refractivity contribution in [1.82, 2.24) is 4.78 Å². The van der Waals surface area contributed by atoms with Crippen LogP contribution in [-0.4, -0.2) is 29.5 Å². The van der Waals surface area contributed by atoms with Crippen LogP contribution in [0, 0.1) is 0 Å². The average molecular weight is 349 g/mol. The van der Waals surface area contributed by atoms with Crippen molar-refractivity contribution in [3.05, 3.63) is 46.3 Å². The maximum atomic E-state index is 13.1. The molecule has 2 aromatic rings. The zero-order valence-corrected chi connectivity index (χ0v) is 14.1. The molecule has 126 valence electrons. The molecule has 0 spiro atoms. The molecule has 0 N–H and O–H groups in total. The number of hydrogen-bond acceptors (Lipinski definition) is 7. The number of para-hydroxylation sites is 1. The van der Waals surface area contributed by atoms with Crippen molar-refractivity contribution in [2.75, 3.05) is 13.2 Å². The maximum absolute atomic E-state index is 13.1. The monoisotopic (exact) mass is 349 g/mol. The Morgan fingerprint density at radius 2 is 2.12 bits per heavy atom. The minimum Gasteiger partial charge on any atom is -0.422 e. The molecule has 9 heteroatoms. The Labute approximate surface area is 137 Å². The predicted molar refractivity (Wildman–Crippen MR) is 87.1 cm³/mol. The minimum atomic E-state index is -3.62. The molecule has 24 heavy (non-hydrogen) atoms. The van der Waals surface area contributed by atoms with Gasteiger partial charge in [0.2, 0.25) is 11.6 Å². The van der Waals surface area contributed by atoms with E-state index in [2.05, 4.69) is 10.3 Å². The van der Waals surface area contributed by atoms with Crippen LogP contribution in [0.3, 0.4) is 0 Å². The Hall–Kier alpha value is -2.31. The highest BCUT2D eigenvalue weighted by molar-refractivity contribution is 7.58. The highest BCUT2D eigenvalue weighted by Gasteiger charge is 2.50. The highest BCUT2D eigenvalue weighted by Crippen LogP contribution is 2.60. The second kappa shape index (κ2) is 6.30. The molecule has 1 aromatic carbocycles. The summed E-state index contributed by atoms with van der Waals surface area (Å²) in [6.45, 7) is 3.80. The Kier molecular flexibility index (Phi) is 4.34. The molecule has 0 saturated heterocycles. The van der Waals surface area contributed by atoms with E-state index < -0.39 is 24.7 Å². The van der Waals surface area contributed by atoms with E-state index in [0.717, 1.165) is 0 Å². The minimum absolute atomic E-state index is 0.134. The van der Waals surface area contributed by atoms with Crippen LogP contribution < -0.4 is 5.63 Å². The second-order valence-corrected chi connectivity index (χ2v) is 7.44. The van der Waals surface area contributed by atoms with E-state index in [4.69, 9.17) is 8.94 Å². The highest BCUT2D eigenvalue weighted by atomic mass is 31.2. The van der Waals surface area contributed by atoms with Crippen LogP contribution in [0.4, 0.5) is 0 Å². The molecular formula is C15H16N3O5P. The van der Waals surface area contributed by atoms with Gasteiger partial charge in [-0.25, -0.2) is 9.57 Å². The SMILES string of the molecule is CCOP1(=O)C(C(=O)c2cc3ccccc3oc2=O)N=NN1CC. The van der Waals surface area contributed by atoms with Gasteiger partial charge < -0.3 is 8.94 Å². The van der Waals surface area contributed by atoms with Crippen molar-refractivity contribution >= 4 is 24.3 Å². The third kappa shape index (κ3) is 2.57. The number of carbonyl (C=O) groups excluding carboxylic acids is 1. The summed E-state index contributed by atoms with van der Waals surface area (Å²) in [5.74, 6) is -2.08. The fraction of sp³-hybridized carbons (Fsp3) is 0.333. The van der Waals surface area contributed by atoms with Crippen molar-refractivity contribution in [2.45, 2.75) is 19.6 Å². The zero-order valence-electron chi connectivity index (χ0n) is 13.2. The number of nitrogens with zero attached hydrogens (tertiary/aromatic N) is 3. The third-order valence-corrected chi connectivity index (χ3v) is 6.22. The van der Waals surface area contributed by atoms with Crippen molar-refractivity contribution in [3.63, 3.8) is 0 Å². The van der Waals surface area contributed by atoms with Crippen LogP contribution in [0.2, 0.25) is 0 Å². The lowest BCUT2D eigenvalue weighted by molar-refractivity contribution is 0.0979. The van der Waals surface area contributed by atoms with Gasteiger partial charge >= 0.3 is 13.1 Å². The molecule has 2 atom stereocenters.